The second-order valence-electron chi connectivity index (χ2n) is 6.14. The Morgan fingerprint density at radius 3 is 2.21 bits per heavy atom. The summed E-state index contributed by atoms with van der Waals surface area (Å²) < 4.78 is 54.4. The lowest BCUT2D eigenvalue weighted by atomic mass is 10.0. The molecule has 28 heavy (non-hydrogen) atoms. The van der Waals surface area contributed by atoms with Gasteiger partial charge in [0.25, 0.3) is 10.0 Å². The Balaban J connectivity index is 1.98. The van der Waals surface area contributed by atoms with Gasteiger partial charge < -0.3 is 10.6 Å². The van der Waals surface area contributed by atoms with E-state index < -0.39 is 20.0 Å². The van der Waals surface area contributed by atoms with Crippen LogP contribution in [0.25, 0.3) is 0 Å². The first-order valence-electron chi connectivity index (χ1n) is 8.37. The first-order chi connectivity index (χ1) is 13.2. The van der Waals surface area contributed by atoms with E-state index in [1.165, 1.54) is 37.4 Å². The number of nitrogens with one attached hydrogen (secondary N) is 4. The summed E-state index contributed by atoms with van der Waals surface area (Å²) in [6.45, 7) is 0. The molecule has 3 rings (SSSR count). The second-order valence-corrected chi connectivity index (χ2v) is 9.71. The molecule has 1 amide bonds. The number of aryl methyl sites for hydroxylation is 1. The van der Waals surface area contributed by atoms with Gasteiger partial charge in [-0.05, 0) is 55.4 Å². The molecule has 0 spiro atoms. The SMILES string of the molecule is CNc1ccc(S(=O)(=O)NC)cc1NS(=O)(=O)c1ccc2c(c1)CCC(=O)N2. The van der Waals surface area contributed by atoms with E-state index in [1.54, 1.807) is 13.1 Å². The molecule has 0 bridgehead atoms. The summed E-state index contributed by atoms with van der Waals surface area (Å²) in [4.78, 5) is 11.4. The highest BCUT2D eigenvalue weighted by atomic mass is 32.2. The topological polar surface area (TPSA) is 133 Å². The largest absolute Gasteiger partial charge is 0.386 e. The first-order valence-corrected chi connectivity index (χ1v) is 11.3. The lowest BCUT2D eigenvalue weighted by Crippen LogP contribution is -2.21. The summed E-state index contributed by atoms with van der Waals surface area (Å²) in [6, 6.07) is 8.53. The van der Waals surface area contributed by atoms with Crippen molar-refractivity contribution in [1.29, 1.82) is 0 Å². The van der Waals surface area contributed by atoms with Gasteiger partial charge in [0.1, 0.15) is 0 Å². The molecular formula is C17H20N4O5S2. The Kier molecular flexibility index (Phi) is 5.33. The van der Waals surface area contributed by atoms with Gasteiger partial charge in [-0.1, -0.05) is 0 Å². The van der Waals surface area contributed by atoms with Crippen LogP contribution in [-0.2, 0) is 31.3 Å². The van der Waals surface area contributed by atoms with Crippen LogP contribution < -0.4 is 20.1 Å². The van der Waals surface area contributed by atoms with Crippen LogP contribution in [0.4, 0.5) is 17.1 Å². The zero-order valence-corrected chi connectivity index (χ0v) is 16.9. The molecular weight excluding hydrogens is 404 g/mol. The maximum absolute atomic E-state index is 12.9. The third kappa shape index (κ3) is 3.96. The average Bonchev–Trinajstić information content (AvgIpc) is 2.67. The van der Waals surface area contributed by atoms with Crippen molar-refractivity contribution in [2.75, 3.05) is 29.5 Å². The summed E-state index contributed by atoms with van der Waals surface area (Å²) in [5, 5.41) is 5.53. The molecule has 0 aliphatic carbocycles. The van der Waals surface area contributed by atoms with Crippen molar-refractivity contribution in [3.05, 3.63) is 42.0 Å². The van der Waals surface area contributed by atoms with Crippen LogP contribution in [0, 0.1) is 0 Å². The Hall–Kier alpha value is -2.63. The molecule has 0 radical (unpaired) electrons. The number of fused-ring (bicyclic) bond motifs is 1. The van der Waals surface area contributed by atoms with Gasteiger partial charge in [0.05, 0.1) is 21.2 Å². The average molecular weight is 425 g/mol. The zero-order chi connectivity index (χ0) is 20.5. The fourth-order valence-corrected chi connectivity index (χ4v) is 4.72. The molecule has 4 N–H and O–H groups in total. The molecule has 0 aromatic heterocycles. The minimum Gasteiger partial charge on any atom is -0.386 e. The number of benzene rings is 2. The van der Waals surface area contributed by atoms with Gasteiger partial charge >= 0.3 is 0 Å². The maximum Gasteiger partial charge on any atom is 0.261 e. The normalized spacial score (nSPS) is 14.1. The number of amides is 1. The molecule has 0 unspecified atom stereocenters. The maximum atomic E-state index is 12.9. The summed E-state index contributed by atoms with van der Waals surface area (Å²) >= 11 is 0. The number of anilines is 3. The molecule has 1 aliphatic heterocycles. The van der Waals surface area contributed by atoms with Gasteiger partial charge in [-0.2, -0.15) is 0 Å². The number of sulfonamides is 2. The van der Waals surface area contributed by atoms with Gasteiger partial charge in [0.2, 0.25) is 15.9 Å². The summed E-state index contributed by atoms with van der Waals surface area (Å²) in [6.07, 6.45) is 0.736. The summed E-state index contributed by atoms with van der Waals surface area (Å²) in [7, 11) is -4.84. The predicted octanol–water partition coefficient (Wildman–Crippen LogP) is 1.32. The summed E-state index contributed by atoms with van der Waals surface area (Å²) in [5.41, 5.74) is 1.84. The molecule has 0 atom stereocenters. The molecule has 0 saturated heterocycles. The predicted molar refractivity (Wildman–Crippen MR) is 106 cm³/mol. The van der Waals surface area contributed by atoms with Gasteiger partial charge in [-0.15, -0.1) is 0 Å². The van der Waals surface area contributed by atoms with Crippen molar-refractivity contribution < 1.29 is 21.6 Å². The molecule has 11 heteroatoms. The minimum atomic E-state index is -3.98. The monoisotopic (exact) mass is 424 g/mol. The Bertz CT molecular complexity index is 1140. The highest BCUT2D eigenvalue weighted by molar-refractivity contribution is 7.92. The van der Waals surface area contributed by atoms with Gasteiger partial charge in [0.15, 0.2) is 0 Å². The third-order valence-corrected chi connectivity index (χ3v) is 7.14. The Labute approximate surface area is 163 Å². The third-order valence-electron chi connectivity index (χ3n) is 4.37. The first kappa shape index (κ1) is 20.1. The highest BCUT2D eigenvalue weighted by Gasteiger charge is 2.22. The van der Waals surface area contributed by atoms with Crippen molar-refractivity contribution in [3.63, 3.8) is 0 Å². The standard InChI is InChI=1S/C17H20N4O5S2/c1-18-15-7-5-13(27(23,24)19-2)10-16(15)21-28(25,26)12-4-6-14-11(9-12)3-8-17(22)20-14/h4-7,9-10,18-19,21H,3,8H2,1-2H3,(H,20,22). The van der Waals surface area contributed by atoms with Crippen LogP contribution in [0.3, 0.4) is 0 Å². The number of carbonyl (C=O) groups excluding carboxylic acids is 1. The fourth-order valence-electron chi connectivity index (χ4n) is 2.84. The van der Waals surface area contributed by atoms with Crippen LogP contribution >= 0.6 is 0 Å². The van der Waals surface area contributed by atoms with Crippen molar-refractivity contribution in [3.8, 4) is 0 Å². The molecule has 150 valence electrons. The van der Waals surface area contributed by atoms with Gasteiger partial charge in [-0.3, -0.25) is 9.52 Å². The van der Waals surface area contributed by atoms with E-state index in [0.717, 1.165) is 5.56 Å². The number of carbonyl (C=O) groups is 1. The second kappa shape index (κ2) is 7.41. The molecule has 1 heterocycles. The number of rotatable bonds is 6. The molecule has 9 nitrogen and oxygen atoms in total. The van der Waals surface area contributed by atoms with Crippen LogP contribution in [-0.4, -0.2) is 36.8 Å². The minimum absolute atomic E-state index is 0.0197. The van der Waals surface area contributed by atoms with E-state index in [2.05, 4.69) is 20.1 Å². The van der Waals surface area contributed by atoms with Gasteiger partial charge in [-0.25, -0.2) is 21.6 Å². The van der Waals surface area contributed by atoms with Crippen LogP contribution in [0.5, 0.6) is 0 Å². The fraction of sp³-hybridized carbons (Fsp3) is 0.235. The van der Waals surface area contributed by atoms with Crippen LogP contribution in [0.2, 0.25) is 0 Å². The lowest BCUT2D eigenvalue weighted by Gasteiger charge is -2.18. The van der Waals surface area contributed by atoms with E-state index in [1.807, 2.05) is 0 Å². The molecule has 0 fully saturated rings. The summed E-state index contributed by atoms with van der Waals surface area (Å²) in [5.74, 6) is -0.109. The molecule has 2 aromatic rings. The van der Waals surface area contributed by atoms with Gasteiger partial charge in [0, 0.05) is 19.2 Å². The van der Waals surface area contributed by atoms with Crippen molar-refractivity contribution in [2.24, 2.45) is 0 Å². The highest BCUT2D eigenvalue weighted by Crippen LogP contribution is 2.30. The lowest BCUT2D eigenvalue weighted by molar-refractivity contribution is -0.116. The van der Waals surface area contributed by atoms with Crippen molar-refractivity contribution in [1.82, 2.24) is 4.72 Å². The zero-order valence-electron chi connectivity index (χ0n) is 15.2. The van der Waals surface area contributed by atoms with Crippen LogP contribution in [0.1, 0.15) is 12.0 Å². The van der Waals surface area contributed by atoms with Crippen molar-refractivity contribution in [2.45, 2.75) is 22.6 Å². The molecule has 1 aliphatic rings. The van der Waals surface area contributed by atoms with Crippen molar-refractivity contribution >= 4 is 43.0 Å². The van der Waals surface area contributed by atoms with E-state index in [9.17, 15) is 21.6 Å². The van der Waals surface area contributed by atoms with E-state index >= 15 is 0 Å². The Morgan fingerprint density at radius 1 is 0.857 bits per heavy atom. The number of hydrogen-bond acceptors (Lipinski definition) is 6. The van der Waals surface area contributed by atoms with E-state index in [0.29, 0.717) is 17.8 Å². The van der Waals surface area contributed by atoms with Crippen LogP contribution in [0.15, 0.2) is 46.2 Å². The number of hydrogen-bond donors (Lipinski definition) is 4. The quantitative estimate of drug-likeness (QED) is 0.553. The van der Waals surface area contributed by atoms with E-state index in [-0.39, 0.29) is 27.8 Å². The molecule has 0 saturated carbocycles. The molecule has 2 aromatic carbocycles. The smallest absolute Gasteiger partial charge is 0.261 e. The Morgan fingerprint density at radius 2 is 1.54 bits per heavy atom. The van der Waals surface area contributed by atoms with E-state index in [4.69, 9.17) is 0 Å².